The minimum Gasteiger partial charge on any atom is -0.383 e. The van der Waals surface area contributed by atoms with Crippen LogP contribution in [0.1, 0.15) is 5.69 Å². The molecule has 1 aromatic carbocycles. The van der Waals surface area contributed by atoms with Crippen LogP contribution in [-0.2, 0) is 24.9 Å². The predicted molar refractivity (Wildman–Crippen MR) is 84.3 cm³/mol. The van der Waals surface area contributed by atoms with Crippen LogP contribution in [0.15, 0.2) is 42.6 Å². The van der Waals surface area contributed by atoms with E-state index < -0.39 is 0 Å². The average Bonchev–Trinajstić information content (AvgIpc) is 3.08. The van der Waals surface area contributed by atoms with E-state index in [2.05, 4.69) is 52.4 Å². The Balaban J connectivity index is 1.68. The molecule has 5 nitrogen and oxygen atoms in total. The molecule has 21 heavy (non-hydrogen) atoms. The van der Waals surface area contributed by atoms with Crippen LogP contribution in [0.25, 0.3) is 10.9 Å². The molecule has 0 unspecified atom stereocenters. The Morgan fingerprint density at radius 3 is 2.90 bits per heavy atom. The zero-order chi connectivity index (χ0) is 14.7. The first-order valence-electron chi connectivity index (χ1n) is 7.07. The Morgan fingerprint density at radius 1 is 1.24 bits per heavy atom. The minimum atomic E-state index is 0.671. The van der Waals surface area contributed by atoms with Crippen molar-refractivity contribution in [2.45, 2.75) is 13.1 Å². The topological polar surface area (TPSA) is 44.0 Å². The fraction of sp³-hybridized carbons (Fsp3) is 0.312. The van der Waals surface area contributed by atoms with Gasteiger partial charge in [0, 0.05) is 37.6 Å². The number of fused-ring (bicyclic) bond motifs is 1. The van der Waals surface area contributed by atoms with E-state index in [0.717, 1.165) is 18.9 Å². The Hall–Kier alpha value is -2.27. The molecule has 0 saturated carbocycles. The van der Waals surface area contributed by atoms with Gasteiger partial charge in [-0.3, -0.25) is 4.68 Å². The Morgan fingerprint density at radius 2 is 2.10 bits per heavy atom. The molecule has 0 bridgehead atoms. The van der Waals surface area contributed by atoms with Crippen molar-refractivity contribution in [2.75, 3.05) is 19.0 Å². The standard InChI is InChI=1S/C16H20N4O/c1-19-14(11-13-5-3-4-6-15(13)19)12-17-16-7-8-20(18-16)9-10-21-2/h3-8,11H,9-10,12H2,1-2H3,(H,17,18). The van der Waals surface area contributed by atoms with Crippen LogP contribution in [-0.4, -0.2) is 28.1 Å². The van der Waals surface area contributed by atoms with Gasteiger partial charge in [0.05, 0.1) is 19.7 Å². The van der Waals surface area contributed by atoms with Crippen molar-refractivity contribution in [3.05, 3.63) is 48.3 Å². The Kier molecular flexibility index (Phi) is 3.92. The van der Waals surface area contributed by atoms with E-state index in [-0.39, 0.29) is 0 Å². The Labute approximate surface area is 124 Å². The largest absolute Gasteiger partial charge is 0.383 e. The van der Waals surface area contributed by atoms with Gasteiger partial charge in [-0.2, -0.15) is 5.10 Å². The summed E-state index contributed by atoms with van der Waals surface area (Å²) in [7, 11) is 3.79. The summed E-state index contributed by atoms with van der Waals surface area (Å²) in [6, 6.07) is 12.6. The second kappa shape index (κ2) is 6.01. The molecule has 0 aliphatic heterocycles. The smallest absolute Gasteiger partial charge is 0.148 e. The normalized spacial score (nSPS) is 11.1. The molecule has 3 rings (SSSR count). The number of hydrogen-bond acceptors (Lipinski definition) is 3. The number of methoxy groups -OCH3 is 1. The van der Waals surface area contributed by atoms with Gasteiger partial charge in [-0.15, -0.1) is 0 Å². The molecule has 0 fully saturated rings. The van der Waals surface area contributed by atoms with Crippen LogP contribution in [0.5, 0.6) is 0 Å². The minimum absolute atomic E-state index is 0.671. The quantitative estimate of drug-likeness (QED) is 0.757. The SMILES string of the molecule is COCCn1ccc(NCc2cc3ccccc3n2C)n1. The molecule has 0 aliphatic rings. The van der Waals surface area contributed by atoms with Crippen LogP contribution < -0.4 is 5.32 Å². The lowest BCUT2D eigenvalue weighted by atomic mass is 10.2. The number of aryl methyl sites for hydroxylation is 1. The number of aromatic nitrogens is 3. The predicted octanol–water partition coefficient (Wildman–Crippen LogP) is 2.63. The maximum atomic E-state index is 5.05. The molecule has 0 aliphatic carbocycles. The third-order valence-electron chi connectivity index (χ3n) is 3.67. The van der Waals surface area contributed by atoms with E-state index in [1.54, 1.807) is 7.11 Å². The van der Waals surface area contributed by atoms with Crippen molar-refractivity contribution in [1.29, 1.82) is 0 Å². The van der Waals surface area contributed by atoms with Gasteiger partial charge in [-0.25, -0.2) is 0 Å². The number of nitrogens with zero attached hydrogens (tertiary/aromatic N) is 3. The van der Waals surface area contributed by atoms with E-state index in [9.17, 15) is 0 Å². The van der Waals surface area contributed by atoms with Gasteiger partial charge in [0.25, 0.3) is 0 Å². The van der Waals surface area contributed by atoms with E-state index in [1.807, 2.05) is 16.9 Å². The summed E-state index contributed by atoms with van der Waals surface area (Å²) >= 11 is 0. The van der Waals surface area contributed by atoms with Crippen LogP contribution >= 0.6 is 0 Å². The van der Waals surface area contributed by atoms with Gasteiger partial charge in [0.2, 0.25) is 0 Å². The summed E-state index contributed by atoms with van der Waals surface area (Å²) in [6.07, 6.45) is 1.96. The lowest BCUT2D eigenvalue weighted by molar-refractivity contribution is 0.183. The maximum Gasteiger partial charge on any atom is 0.148 e. The number of benzene rings is 1. The number of ether oxygens (including phenoxy) is 1. The lowest BCUT2D eigenvalue weighted by Gasteiger charge is -2.05. The summed E-state index contributed by atoms with van der Waals surface area (Å²) in [5, 5.41) is 9.09. The van der Waals surface area contributed by atoms with Gasteiger partial charge in [-0.05, 0) is 17.5 Å². The molecule has 2 aromatic heterocycles. The second-order valence-electron chi connectivity index (χ2n) is 5.06. The van der Waals surface area contributed by atoms with Crippen molar-refractivity contribution in [3.63, 3.8) is 0 Å². The zero-order valence-electron chi connectivity index (χ0n) is 12.4. The molecule has 2 heterocycles. The highest BCUT2D eigenvalue weighted by Crippen LogP contribution is 2.19. The maximum absolute atomic E-state index is 5.05. The molecular weight excluding hydrogens is 264 g/mol. The van der Waals surface area contributed by atoms with Crippen molar-refractivity contribution < 1.29 is 4.74 Å². The van der Waals surface area contributed by atoms with Crippen LogP contribution in [0.2, 0.25) is 0 Å². The molecule has 110 valence electrons. The molecule has 1 N–H and O–H groups in total. The number of para-hydroxylation sites is 1. The lowest BCUT2D eigenvalue weighted by Crippen LogP contribution is -2.07. The third-order valence-corrected chi connectivity index (χ3v) is 3.67. The second-order valence-corrected chi connectivity index (χ2v) is 5.06. The van der Waals surface area contributed by atoms with Gasteiger partial charge in [0.15, 0.2) is 0 Å². The number of anilines is 1. The summed E-state index contributed by atoms with van der Waals surface area (Å²) in [6.45, 7) is 2.20. The first-order chi connectivity index (χ1) is 10.3. The van der Waals surface area contributed by atoms with Gasteiger partial charge in [-0.1, -0.05) is 18.2 Å². The molecule has 5 heteroatoms. The summed E-state index contributed by atoms with van der Waals surface area (Å²) in [5.74, 6) is 0.886. The van der Waals surface area contributed by atoms with E-state index in [1.165, 1.54) is 16.6 Å². The van der Waals surface area contributed by atoms with Gasteiger partial charge >= 0.3 is 0 Å². The van der Waals surface area contributed by atoms with E-state index >= 15 is 0 Å². The first-order valence-corrected chi connectivity index (χ1v) is 7.07. The molecule has 0 amide bonds. The van der Waals surface area contributed by atoms with Crippen molar-refractivity contribution in [1.82, 2.24) is 14.3 Å². The van der Waals surface area contributed by atoms with Gasteiger partial charge < -0.3 is 14.6 Å². The van der Waals surface area contributed by atoms with Crippen LogP contribution in [0.3, 0.4) is 0 Å². The van der Waals surface area contributed by atoms with Gasteiger partial charge in [0.1, 0.15) is 5.82 Å². The average molecular weight is 284 g/mol. The molecule has 0 atom stereocenters. The van der Waals surface area contributed by atoms with E-state index in [0.29, 0.717) is 6.61 Å². The number of hydrogen-bond donors (Lipinski definition) is 1. The summed E-state index contributed by atoms with van der Waals surface area (Å²) in [4.78, 5) is 0. The fourth-order valence-electron chi connectivity index (χ4n) is 2.46. The monoisotopic (exact) mass is 284 g/mol. The molecular formula is C16H20N4O. The molecule has 0 saturated heterocycles. The van der Waals surface area contributed by atoms with Crippen molar-refractivity contribution in [3.8, 4) is 0 Å². The highest BCUT2D eigenvalue weighted by Gasteiger charge is 2.05. The Bertz CT molecular complexity index is 729. The summed E-state index contributed by atoms with van der Waals surface area (Å²) < 4.78 is 9.14. The zero-order valence-corrected chi connectivity index (χ0v) is 12.4. The molecule has 0 spiro atoms. The molecule has 0 radical (unpaired) electrons. The van der Waals surface area contributed by atoms with Crippen molar-refractivity contribution in [2.24, 2.45) is 7.05 Å². The fourth-order valence-corrected chi connectivity index (χ4v) is 2.46. The van der Waals surface area contributed by atoms with E-state index in [4.69, 9.17) is 4.74 Å². The van der Waals surface area contributed by atoms with Crippen LogP contribution in [0.4, 0.5) is 5.82 Å². The van der Waals surface area contributed by atoms with Crippen LogP contribution in [0, 0.1) is 0 Å². The third kappa shape index (κ3) is 2.92. The highest BCUT2D eigenvalue weighted by molar-refractivity contribution is 5.81. The number of nitrogens with one attached hydrogen (secondary N) is 1. The number of rotatable bonds is 6. The van der Waals surface area contributed by atoms with Crippen molar-refractivity contribution >= 4 is 16.7 Å². The highest BCUT2D eigenvalue weighted by atomic mass is 16.5. The molecule has 3 aromatic rings. The first kappa shape index (κ1) is 13.7. The summed E-state index contributed by atoms with van der Waals surface area (Å²) in [5.41, 5.74) is 2.49.